The fourth-order valence-electron chi connectivity index (χ4n) is 1.58. The highest BCUT2D eigenvalue weighted by atomic mass is 79.9. The van der Waals surface area contributed by atoms with Crippen molar-refractivity contribution in [1.82, 2.24) is 0 Å². The van der Waals surface area contributed by atoms with Gasteiger partial charge in [-0.25, -0.2) is 9.59 Å². The third kappa shape index (κ3) is 1.61. The molecule has 1 aromatic rings. The van der Waals surface area contributed by atoms with Crippen molar-refractivity contribution in [2.75, 3.05) is 7.11 Å². The summed E-state index contributed by atoms with van der Waals surface area (Å²) in [5.41, 5.74) is 0.796. The van der Waals surface area contributed by atoms with E-state index in [0.29, 0.717) is 5.75 Å². The van der Waals surface area contributed by atoms with Crippen LogP contribution in [0.5, 0.6) is 5.75 Å². The minimum absolute atomic E-state index is 0.231. The first-order chi connectivity index (χ1) is 7.58. The van der Waals surface area contributed by atoms with Crippen molar-refractivity contribution < 1.29 is 19.1 Å². The van der Waals surface area contributed by atoms with Crippen molar-refractivity contribution in [3.63, 3.8) is 0 Å². The van der Waals surface area contributed by atoms with E-state index in [1.807, 2.05) is 6.07 Å². The number of hydrogen-bond acceptors (Lipinski definition) is 4. The van der Waals surface area contributed by atoms with E-state index in [0.717, 1.165) is 5.56 Å². The molecular weight excluding hydrogens is 276 g/mol. The van der Waals surface area contributed by atoms with Crippen molar-refractivity contribution in [2.24, 2.45) is 0 Å². The molecule has 0 amide bonds. The van der Waals surface area contributed by atoms with E-state index < -0.39 is 16.3 Å². The first-order valence-electron chi connectivity index (χ1n) is 4.65. The van der Waals surface area contributed by atoms with Crippen molar-refractivity contribution in [3.05, 3.63) is 29.8 Å². The molecule has 5 heteroatoms. The molecule has 16 heavy (non-hydrogen) atoms. The molecule has 0 saturated carbocycles. The molecule has 1 aromatic carbocycles. The zero-order valence-electron chi connectivity index (χ0n) is 8.53. The average molecular weight is 285 g/mol. The number of halogens is 1. The number of methoxy groups -OCH3 is 1. The average Bonchev–Trinajstić information content (AvgIpc) is 2.29. The van der Waals surface area contributed by atoms with E-state index in [2.05, 4.69) is 20.7 Å². The molecule has 0 bridgehead atoms. The minimum atomic E-state index is -1.42. The number of carbonyl (C=O) groups excluding carboxylic acids is 2. The van der Waals surface area contributed by atoms with Crippen LogP contribution in [0.1, 0.15) is 5.56 Å². The highest BCUT2D eigenvalue weighted by Gasteiger charge is 2.49. The van der Waals surface area contributed by atoms with E-state index in [1.165, 1.54) is 7.11 Å². The van der Waals surface area contributed by atoms with Gasteiger partial charge in [0.1, 0.15) is 5.75 Å². The molecule has 0 saturated heterocycles. The van der Waals surface area contributed by atoms with E-state index in [4.69, 9.17) is 4.74 Å². The SMILES string of the molecule is COC(=O)C1(Br)Cc2ccccc2OC1=O. The van der Waals surface area contributed by atoms with Crippen molar-refractivity contribution in [2.45, 2.75) is 10.7 Å². The molecule has 0 N–H and O–H groups in total. The van der Waals surface area contributed by atoms with Crippen LogP contribution in [0, 0.1) is 0 Å². The number of alkyl halides is 1. The van der Waals surface area contributed by atoms with Gasteiger partial charge in [0.25, 0.3) is 0 Å². The highest BCUT2D eigenvalue weighted by Crippen LogP contribution is 2.36. The number of para-hydroxylation sites is 1. The zero-order valence-corrected chi connectivity index (χ0v) is 10.1. The number of rotatable bonds is 1. The normalized spacial score (nSPS) is 23.2. The second-order valence-corrected chi connectivity index (χ2v) is 4.82. The standard InChI is InChI=1S/C11H9BrO4/c1-15-9(13)11(12)6-7-4-2-3-5-8(7)16-10(11)14/h2-5H,6H2,1H3. The Bertz CT molecular complexity index is 457. The quantitative estimate of drug-likeness (QED) is 0.339. The topological polar surface area (TPSA) is 52.6 Å². The van der Waals surface area contributed by atoms with Gasteiger partial charge in [-0.2, -0.15) is 0 Å². The Hall–Kier alpha value is -1.36. The van der Waals surface area contributed by atoms with Crippen molar-refractivity contribution in [1.29, 1.82) is 0 Å². The number of benzene rings is 1. The van der Waals surface area contributed by atoms with Crippen molar-refractivity contribution in [3.8, 4) is 5.75 Å². The van der Waals surface area contributed by atoms with Crippen LogP contribution in [0.25, 0.3) is 0 Å². The Kier molecular flexibility index (Phi) is 2.71. The fourth-order valence-corrected chi connectivity index (χ4v) is 2.13. The van der Waals surface area contributed by atoms with Crippen LogP contribution in [0.2, 0.25) is 0 Å². The van der Waals surface area contributed by atoms with Gasteiger partial charge in [-0.1, -0.05) is 34.1 Å². The van der Waals surface area contributed by atoms with Gasteiger partial charge in [-0.15, -0.1) is 0 Å². The molecule has 1 heterocycles. The number of ether oxygens (including phenoxy) is 2. The van der Waals surface area contributed by atoms with Crippen LogP contribution in [-0.4, -0.2) is 23.4 Å². The van der Waals surface area contributed by atoms with E-state index in [-0.39, 0.29) is 6.42 Å². The summed E-state index contributed by atoms with van der Waals surface area (Å²) in [7, 11) is 1.24. The van der Waals surface area contributed by atoms with Crippen molar-refractivity contribution >= 4 is 27.9 Å². The van der Waals surface area contributed by atoms with Gasteiger partial charge < -0.3 is 9.47 Å². The van der Waals surface area contributed by atoms with E-state index in [9.17, 15) is 9.59 Å². The lowest BCUT2D eigenvalue weighted by Gasteiger charge is -2.28. The van der Waals surface area contributed by atoms with Crippen LogP contribution in [0.3, 0.4) is 0 Å². The van der Waals surface area contributed by atoms with Gasteiger partial charge in [-0.05, 0) is 11.6 Å². The Labute approximate surface area is 101 Å². The van der Waals surface area contributed by atoms with Gasteiger partial charge in [0.2, 0.25) is 4.32 Å². The third-order valence-electron chi connectivity index (χ3n) is 2.44. The number of hydrogen-bond donors (Lipinski definition) is 0. The van der Waals surface area contributed by atoms with Crippen LogP contribution in [0.4, 0.5) is 0 Å². The molecule has 1 aliphatic heterocycles. The summed E-state index contributed by atoms with van der Waals surface area (Å²) in [6.45, 7) is 0. The molecule has 0 aliphatic carbocycles. The molecule has 84 valence electrons. The summed E-state index contributed by atoms with van der Waals surface area (Å²) in [5.74, 6) is -0.795. The van der Waals surface area contributed by atoms with Gasteiger partial charge in [0, 0.05) is 6.42 Å². The summed E-state index contributed by atoms with van der Waals surface area (Å²) in [6, 6.07) is 7.09. The highest BCUT2D eigenvalue weighted by molar-refractivity contribution is 9.10. The van der Waals surface area contributed by atoms with Crippen LogP contribution in [-0.2, 0) is 20.7 Å². The predicted octanol–water partition coefficient (Wildman–Crippen LogP) is 1.45. The molecule has 1 unspecified atom stereocenters. The molecule has 0 radical (unpaired) electrons. The molecule has 0 aromatic heterocycles. The Morgan fingerprint density at radius 2 is 2.19 bits per heavy atom. The lowest BCUT2D eigenvalue weighted by Crippen LogP contribution is -2.48. The molecule has 4 nitrogen and oxygen atoms in total. The number of fused-ring (bicyclic) bond motifs is 1. The Morgan fingerprint density at radius 1 is 1.50 bits per heavy atom. The molecule has 0 spiro atoms. The largest absolute Gasteiger partial charge is 0.468 e. The predicted molar refractivity (Wildman–Crippen MR) is 59.5 cm³/mol. The number of carbonyl (C=O) groups is 2. The zero-order chi connectivity index (χ0) is 11.8. The maximum absolute atomic E-state index is 11.7. The molecule has 0 fully saturated rings. The Balaban J connectivity index is 2.41. The van der Waals surface area contributed by atoms with Gasteiger partial charge in [-0.3, -0.25) is 0 Å². The smallest absolute Gasteiger partial charge is 0.340 e. The van der Waals surface area contributed by atoms with Crippen LogP contribution < -0.4 is 4.74 Å². The van der Waals surface area contributed by atoms with Crippen LogP contribution >= 0.6 is 15.9 Å². The summed E-state index contributed by atoms with van der Waals surface area (Å²) >= 11 is 3.11. The first-order valence-corrected chi connectivity index (χ1v) is 5.45. The van der Waals surface area contributed by atoms with Gasteiger partial charge >= 0.3 is 11.9 Å². The number of esters is 2. The molecular formula is C11H9BrO4. The van der Waals surface area contributed by atoms with Crippen LogP contribution in [0.15, 0.2) is 24.3 Å². The first kappa shape index (κ1) is 11.1. The Morgan fingerprint density at radius 3 is 2.88 bits per heavy atom. The second-order valence-electron chi connectivity index (χ2n) is 3.47. The molecule has 2 rings (SSSR count). The third-order valence-corrected chi connectivity index (χ3v) is 3.37. The summed E-state index contributed by atoms with van der Waals surface area (Å²) in [4.78, 5) is 23.2. The second kappa shape index (κ2) is 3.90. The van der Waals surface area contributed by atoms with E-state index >= 15 is 0 Å². The lowest BCUT2D eigenvalue weighted by atomic mass is 9.96. The van der Waals surface area contributed by atoms with E-state index in [1.54, 1.807) is 18.2 Å². The minimum Gasteiger partial charge on any atom is -0.468 e. The monoisotopic (exact) mass is 284 g/mol. The van der Waals surface area contributed by atoms with Gasteiger partial charge in [0.15, 0.2) is 0 Å². The summed E-state index contributed by atoms with van der Waals surface area (Å²) < 4.78 is 8.25. The van der Waals surface area contributed by atoms with Gasteiger partial charge in [0.05, 0.1) is 7.11 Å². The molecule has 1 atom stereocenters. The summed E-state index contributed by atoms with van der Waals surface area (Å²) in [5, 5.41) is 0. The fraction of sp³-hybridized carbons (Fsp3) is 0.273. The maximum Gasteiger partial charge on any atom is 0.340 e. The lowest BCUT2D eigenvalue weighted by molar-refractivity contribution is -0.153. The summed E-state index contributed by atoms with van der Waals surface area (Å²) in [6.07, 6.45) is 0.231. The molecule has 1 aliphatic rings. The maximum atomic E-state index is 11.7.